The van der Waals surface area contributed by atoms with Crippen LogP contribution in [0.25, 0.3) is 5.57 Å². The van der Waals surface area contributed by atoms with Crippen molar-refractivity contribution in [3.63, 3.8) is 0 Å². The van der Waals surface area contributed by atoms with Crippen LogP contribution in [0.15, 0.2) is 35.9 Å². The van der Waals surface area contributed by atoms with Crippen molar-refractivity contribution in [1.29, 1.82) is 0 Å². The molecule has 1 heterocycles. The molecule has 0 amide bonds. The van der Waals surface area contributed by atoms with E-state index < -0.39 is 0 Å². The normalized spacial score (nSPS) is 29.3. The van der Waals surface area contributed by atoms with E-state index in [1.807, 2.05) is 0 Å². The number of ether oxygens (including phenoxy) is 1. The summed E-state index contributed by atoms with van der Waals surface area (Å²) in [5, 5.41) is 0. The molecular formula is C15H18O. The number of fused-ring (bicyclic) bond motifs is 1. The number of allylic oxidation sites excluding steroid dienone is 1. The topological polar surface area (TPSA) is 9.23 Å². The molecule has 0 spiro atoms. The van der Waals surface area contributed by atoms with E-state index in [0.29, 0.717) is 5.41 Å². The van der Waals surface area contributed by atoms with Gasteiger partial charge < -0.3 is 4.74 Å². The lowest BCUT2D eigenvalue weighted by molar-refractivity contribution is 0.154. The molecule has 0 radical (unpaired) electrons. The minimum Gasteiger partial charge on any atom is -0.376 e. The van der Waals surface area contributed by atoms with E-state index in [0.717, 1.165) is 13.2 Å². The number of hydrogen-bond donors (Lipinski definition) is 0. The summed E-state index contributed by atoms with van der Waals surface area (Å²) in [5.41, 5.74) is 4.83. The van der Waals surface area contributed by atoms with Crippen LogP contribution >= 0.6 is 0 Å². The fourth-order valence-electron chi connectivity index (χ4n) is 3.08. The van der Waals surface area contributed by atoms with Crippen molar-refractivity contribution < 1.29 is 4.74 Å². The maximum atomic E-state index is 5.69. The first-order valence-electron chi connectivity index (χ1n) is 6.15. The molecular weight excluding hydrogens is 196 g/mol. The van der Waals surface area contributed by atoms with Gasteiger partial charge in [-0.2, -0.15) is 0 Å². The Morgan fingerprint density at radius 2 is 2.00 bits per heavy atom. The molecule has 1 heteroatoms. The van der Waals surface area contributed by atoms with E-state index in [1.165, 1.54) is 24.8 Å². The first kappa shape index (κ1) is 10.1. The van der Waals surface area contributed by atoms with Crippen molar-refractivity contribution in [3.8, 4) is 0 Å². The quantitative estimate of drug-likeness (QED) is 0.693. The molecule has 1 nitrogen and oxygen atoms in total. The lowest BCUT2D eigenvalue weighted by Crippen LogP contribution is -2.22. The molecule has 0 saturated carbocycles. The summed E-state index contributed by atoms with van der Waals surface area (Å²) in [6.45, 7) is 4.12. The third-order valence-electron chi connectivity index (χ3n) is 4.04. The highest BCUT2D eigenvalue weighted by Gasteiger charge is 2.38. The highest BCUT2D eigenvalue weighted by atomic mass is 16.5. The molecule has 84 valence electrons. The largest absolute Gasteiger partial charge is 0.376 e. The zero-order valence-corrected chi connectivity index (χ0v) is 9.83. The minimum absolute atomic E-state index is 0.323. The fraction of sp³-hybridized carbons (Fsp3) is 0.467. The van der Waals surface area contributed by atoms with Crippen LogP contribution < -0.4 is 0 Å². The van der Waals surface area contributed by atoms with Crippen LogP contribution in [-0.2, 0) is 4.74 Å². The molecule has 3 rings (SSSR count). The second-order valence-electron chi connectivity index (χ2n) is 5.23. The molecule has 1 aliphatic heterocycles. The zero-order valence-electron chi connectivity index (χ0n) is 9.83. The number of hydrogen-bond acceptors (Lipinski definition) is 1. The summed E-state index contributed by atoms with van der Waals surface area (Å²) in [5.74, 6) is 0. The molecule has 1 atom stereocenters. The van der Waals surface area contributed by atoms with Gasteiger partial charge in [0.1, 0.15) is 0 Å². The van der Waals surface area contributed by atoms with Gasteiger partial charge in [-0.3, -0.25) is 0 Å². The third kappa shape index (κ3) is 1.51. The van der Waals surface area contributed by atoms with Crippen molar-refractivity contribution in [2.24, 2.45) is 5.41 Å². The Hall–Kier alpha value is -1.08. The Balaban J connectivity index is 2.09. The molecule has 1 aromatic carbocycles. The Labute approximate surface area is 97.1 Å². The van der Waals surface area contributed by atoms with E-state index >= 15 is 0 Å². The van der Waals surface area contributed by atoms with Crippen molar-refractivity contribution >= 4 is 5.57 Å². The lowest BCUT2D eigenvalue weighted by atomic mass is 9.72. The van der Waals surface area contributed by atoms with Gasteiger partial charge in [0.15, 0.2) is 0 Å². The van der Waals surface area contributed by atoms with Gasteiger partial charge in [0.25, 0.3) is 0 Å². The fourth-order valence-corrected chi connectivity index (χ4v) is 3.08. The molecule has 1 aliphatic carbocycles. The van der Waals surface area contributed by atoms with Gasteiger partial charge >= 0.3 is 0 Å². The molecule has 16 heavy (non-hydrogen) atoms. The van der Waals surface area contributed by atoms with Crippen molar-refractivity contribution in [1.82, 2.24) is 0 Å². The first-order valence-corrected chi connectivity index (χ1v) is 6.15. The van der Waals surface area contributed by atoms with E-state index in [4.69, 9.17) is 4.74 Å². The first-order chi connectivity index (χ1) is 7.80. The van der Waals surface area contributed by atoms with Crippen LogP contribution in [0.2, 0.25) is 0 Å². The average molecular weight is 214 g/mol. The molecule has 1 fully saturated rings. The van der Waals surface area contributed by atoms with Crippen molar-refractivity contribution in [2.45, 2.75) is 26.2 Å². The molecule has 1 aromatic rings. The molecule has 0 aromatic heterocycles. The Bertz CT molecular complexity index is 418. The second-order valence-corrected chi connectivity index (χ2v) is 5.23. The monoisotopic (exact) mass is 214 g/mol. The van der Waals surface area contributed by atoms with Crippen molar-refractivity contribution in [2.75, 3.05) is 13.2 Å². The van der Waals surface area contributed by atoms with Crippen LogP contribution in [0.5, 0.6) is 0 Å². The SMILES string of the molecule is CC12CCCC(c3ccccc3)=C1COC2. The average Bonchev–Trinajstić information content (AvgIpc) is 2.71. The molecule has 0 N–H and O–H groups in total. The maximum Gasteiger partial charge on any atom is 0.0689 e. The van der Waals surface area contributed by atoms with E-state index in [-0.39, 0.29) is 0 Å². The van der Waals surface area contributed by atoms with Crippen LogP contribution in [0, 0.1) is 5.41 Å². The van der Waals surface area contributed by atoms with Gasteiger partial charge in [-0.05, 0) is 36.0 Å². The van der Waals surface area contributed by atoms with E-state index in [1.54, 1.807) is 11.1 Å². The summed E-state index contributed by atoms with van der Waals surface area (Å²) >= 11 is 0. The summed E-state index contributed by atoms with van der Waals surface area (Å²) in [6, 6.07) is 10.8. The summed E-state index contributed by atoms with van der Waals surface area (Å²) in [6.07, 6.45) is 3.81. The molecule has 1 unspecified atom stereocenters. The highest BCUT2D eigenvalue weighted by Crippen LogP contribution is 2.47. The van der Waals surface area contributed by atoms with Gasteiger partial charge in [0.05, 0.1) is 13.2 Å². The smallest absolute Gasteiger partial charge is 0.0689 e. The Morgan fingerprint density at radius 1 is 1.19 bits per heavy atom. The Morgan fingerprint density at radius 3 is 2.81 bits per heavy atom. The van der Waals surface area contributed by atoms with Crippen molar-refractivity contribution in [3.05, 3.63) is 41.5 Å². The summed E-state index contributed by atoms with van der Waals surface area (Å²) in [7, 11) is 0. The van der Waals surface area contributed by atoms with Gasteiger partial charge in [-0.15, -0.1) is 0 Å². The zero-order chi connectivity index (χ0) is 11.0. The van der Waals surface area contributed by atoms with E-state index in [9.17, 15) is 0 Å². The van der Waals surface area contributed by atoms with Crippen LogP contribution in [0.1, 0.15) is 31.7 Å². The van der Waals surface area contributed by atoms with Gasteiger partial charge in [0.2, 0.25) is 0 Å². The van der Waals surface area contributed by atoms with Crippen LogP contribution in [-0.4, -0.2) is 13.2 Å². The molecule has 2 aliphatic rings. The Kier molecular flexibility index (Phi) is 2.36. The third-order valence-corrected chi connectivity index (χ3v) is 4.04. The summed E-state index contributed by atoms with van der Waals surface area (Å²) in [4.78, 5) is 0. The molecule has 1 saturated heterocycles. The number of benzene rings is 1. The van der Waals surface area contributed by atoms with Crippen LogP contribution in [0.3, 0.4) is 0 Å². The molecule has 0 bridgehead atoms. The predicted octanol–water partition coefficient (Wildman–Crippen LogP) is 3.66. The van der Waals surface area contributed by atoms with Crippen LogP contribution in [0.4, 0.5) is 0 Å². The number of rotatable bonds is 1. The minimum atomic E-state index is 0.323. The lowest BCUT2D eigenvalue weighted by Gasteiger charge is -2.31. The maximum absolute atomic E-state index is 5.69. The van der Waals surface area contributed by atoms with E-state index in [2.05, 4.69) is 37.3 Å². The predicted molar refractivity (Wildman–Crippen MR) is 66.1 cm³/mol. The van der Waals surface area contributed by atoms with Gasteiger partial charge in [-0.1, -0.05) is 37.3 Å². The summed E-state index contributed by atoms with van der Waals surface area (Å²) < 4.78 is 5.69. The van der Waals surface area contributed by atoms with Gasteiger partial charge in [0, 0.05) is 5.41 Å². The second kappa shape index (κ2) is 3.74. The highest BCUT2D eigenvalue weighted by molar-refractivity contribution is 5.71. The standard InChI is InChI=1S/C15H18O/c1-15-9-5-8-13(14(15)10-16-11-15)12-6-3-2-4-7-12/h2-4,6-7H,5,8-11H2,1H3. The van der Waals surface area contributed by atoms with Gasteiger partial charge in [-0.25, -0.2) is 0 Å².